The molecular formula is C17H27NO2. The first-order valence-electron chi connectivity index (χ1n) is 7.69. The summed E-state index contributed by atoms with van der Waals surface area (Å²) >= 11 is 0. The van der Waals surface area contributed by atoms with Gasteiger partial charge in [-0.2, -0.15) is 0 Å². The molecule has 1 aliphatic heterocycles. The highest BCUT2D eigenvalue weighted by molar-refractivity contribution is 5.27. The van der Waals surface area contributed by atoms with Crippen LogP contribution in [-0.4, -0.2) is 33.4 Å². The Labute approximate surface area is 122 Å². The van der Waals surface area contributed by atoms with Crippen molar-refractivity contribution in [2.45, 2.75) is 38.1 Å². The van der Waals surface area contributed by atoms with E-state index in [1.165, 1.54) is 31.2 Å². The molecule has 0 radical (unpaired) electrons. The Hall–Kier alpha value is -1.06. The highest BCUT2D eigenvalue weighted by Gasteiger charge is 2.18. The predicted molar refractivity (Wildman–Crippen MR) is 82.3 cm³/mol. The maximum Gasteiger partial charge on any atom is 0.118 e. The average molecular weight is 277 g/mol. The minimum absolute atomic E-state index is 0.611. The van der Waals surface area contributed by atoms with Crippen molar-refractivity contribution < 1.29 is 9.47 Å². The van der Waals surface area contributed by atoms with E-state index in [1.807, 2.05) is 12.1 Å². The second-order valence-corrected chi connectivity index (χ2v) is 5.66. The fraction of sp³-hybridized carbons (Fsp3) is 0.647. The number of ether oxygens (including phenoxy) is 2. The van der Waals surface area contributed by atoms with Crippen LogP contribution in [0.4, 0.5) is 0 Å². The molecule has 0 aromatic heterocycles. The van der Waals surface area contributed by atoms with Gasteiger partial charge in [0.1, 0.15) is 5.75 Å². The Morgan fingerprint density at radius 1 is 1.25 bits per heavy atom. The molecule has 0 amide bonds. The van der Waals surface area contributed by atoms with Crippen molar-refractivity contribution in [2.24, 2.45) is 5.92 Å². The number of aryl methyl sites for hydroxylation is 1. The van der Waals surface area contributed by atoms with Gasteiger partial charge in [-0.05, 0) is 62.8 Å². The Morgan fingerprint density at radius 2 is 1.95 bits per heavy atom. The summed E-state index contributed by atoms with van der Waals surface area (Å²) in [6.45, 7) is 1.89. The van der Waals surface area contributed by atoms with E-state index < -0.39 is 0 Å². The lowest BCUT2D eigenvalue weighted by Gasteiger charge is -2.26. The third-order valence-corrected chi connectivity index (χ3v) is 4.31. The quantitative estimate of drug-likeness (QED) is 0.831. The van der Waals surface area contributed by atoms with Gasteiger partial charge in [-0.1, -0.05) is 12.1 Å². The summed E-state index contributed by atoms with van der Waals surface area (Å²) < 4.78 is 10.6. The van der Waals surface area contributed by atoms with Crippen molar-refractivity contribution in [1.29, 1.82) is 0 Å². The number of benzene rings is 1. The van der Waals surface area contributed by atoms with Crippen molar-refractivity contribution in [3.05, 3.63) is 29.8 Å². The van der Waals surface area contributed by atoms with E-state index in [0.29, 0.717) is 6.04 Å². The van der Waals surface area contributed by atoms with Gasteiger partial charge in [-0.3, -0.25) is 0 Å². The Balaban J connectivity index is 1.77. The summed E-state index contributed by atoms with van der Waals surface area (Å²) in [5.74, 6) is 1.76. The lowest BCUT2D eigenvalue weighted by atomic mass is 9.90. The smallest absolute Gasteiger partial charge is 0.118 e. The monoisotopic (exact) mass is 277 g/mol. The summed E-state index contributed by atoms with van der Waals surface area (Å²) in [4.78, 5) is 0. The molecule has 1 aromatic rings. The zero-order valence-corrected chi connectivity index (χ0v) is 12.7. The molecule has 1 N–H and O–H groups in total. The van der Waals surface area contributed by atoms with Gasteiger partial charge in [0.05, 0.1) is 7.11 Å². The number of hydrogen-bond donors (Lipinski definition) is 1. The highest BCUT2D eigenvalue weighted by Crippen LogP contribution is 2.22. The maximum atomic E-state index is 5.43. The van der Waals surface area contributed by atoms with Gasteiger partial charge in [0.2, 0.25) is 0 Å². The first kappa shape index (κ1) is 15.3. The van der Waals surface area contributed by atoms with Crippen LogP contribution in [0.1, 0.15) is 31.2 Å². The fourth-order valence-electron chi connectivity index (χ4n) is 2.90. The van der Waals surface area contributed by atoms with Gasteiger partial charge in [-0.15, -0.1) is 0 Å². The molecule has 1 aromatic carbocycles. The number of nitrogens with one attached hydrogen (secondary N) is 1. The molecule has 1 fully saturated rings. The van der Waals surface area contributed by atoms with Gasteiger partial charge in [0, 0.05) is 19.3 Å². The molecule has 3 nitrogen and oxygen atoms in total. The van der Waals surface area contributed by atoms with E-state index in [1.54, 1.807) is 7.11 Å². The summed E-state index contributed by atoms with van der Waals surface area (Å²) in [6, 6.07) is 9.03. The molecule has 0 bridgehead atoms. The third-order valence-electron chi connectivity index (χ3n) is 4.31. The second-order valence-electron chi connectivity index (χ2n) is 5.66. The van der Waals surface area contributed by atoms with E-state index >= 15 is 0 Å². The minimum Gasteiger partial charge on any atom is -0.497 e. The van der Waals surface area contributed by atoms with Crippen LogP contribution < -0.4 is 10.1 Å². The van der Waals surface area contributed by atoms with Crippen LogP contribution in [0, 0.1) is 5.92 Å². The van der Waals surface area contributed by atoms with Crippen LogP contribution in [0.15, 0.2) is 24.3 Å². The Kier molecular flexibility index (Phi) is 6.34. The molecule has 112 valence electrons. The van der Waals surface area contributed by atoms with Crippen molar-refractivity contribution in [3.8, 4) is 5.75 Å². The van der Waals surface area contributed by atoms with E-state index in [4.69, 9.17) is 9.47 Å². The van der Waals surface area contributed by atoms with Gasteiger partial charge < -0.3 is 14.8 Å². The lowest BCUT2D eigenvalue weighted by molar-refractivity contribution is 0.0605. The van der Waals surface area contributed by atoms with Gasteiger partial charge in [0.25, 0.3) is 0 Å². The summed E-state index contributed by atoms with van der Waals surface area (Å²) in [6.07, 6.45) is 6.04. The normalized spacial score (nSPS) is 17.9. The fourth-order valence-corrected chi connectivity index (χ4v) is 2.90. The van der Waals surface area contributed by atoms with Crippen LogP contribution in [0.2, 0.25) is 0 Å². The molecule has 0 spiro atoms. The van der Waals surface area contributed by atoms with E-state index in [-0.39, 0.29) is 0 Å². The first-order chi connectivity index (χ1) is 9.81. The van der Waals surface area contributed by atoms with Crippen LogP contribution in [0.3, 0.4) is 0 Å². The molecule has 1 heterocycles. The van der Waals surface area contributed by atoms with Gasteiger partial charge in [-0.25, -0.2) is 0 Å². The maximum absolute atomic E-state index is 5.43. The number of methoxy groups -OCH3 is 1. The van der Waals surface area contributed by atoms with Crippen molar-refractivity contribution >= 4 is 0 Å². The molecule has 1 saturated heterocycles. The van der Waals surface area contributed by atoms with E-state index in [0.717, 1.165) is 31.3 Å². The summed E-state index contributed by atoms with van der Waals surface area (Å²) in [7, 11) is 3.79. The molecule has 20 heavy (non-hydrogen) atoms. The second kappa shape index (κ2) is 8.28. The van der Waals surface area contributed by atoms with E-state index in [9.17, 15) is 0 Å². The number of rotatable bonds is 7. The largest absolute Gasteiger partial charge is 0.497 e. The predicted octanol–water partition coefficient (Wildman–Crippen LogP) is 3.03. The van der Waals surface area contributed by atoms with Crippen molar-refractivity contribution in [1.82, 2.24) is 5.32 Å². The third kappa shape index (κ3) is 4.80. The lowest BCUT2D eigenvalue weighted by Crippen LogP contribution is -2.30. The summed E-state index contributed by atoms with van der Waals surface area (Å²) in [5, 5.41) is 3.48. The summed E-state index contributed by atoms with van der Waals surface area (Å²) in [5.41, 5.74) is 1.39. The Bertz CT molecular complexity index is 371. The van der Waals surface area contributed by atoms with E-state index in [2.05, 4.69) is 24.5 Å². The first-order valence-corrected chi connectivity index (χ1v) is 7.69. The zero-order chi connectivity index (χ0) is 14.2. The minimum atomic E-state index is 0.611. The zero-order valence-electron chi connectivity index (χ0n) is 12.7. The van der Waals surface area contributed by atoms with Crippen LogP contribution >= 0.6 is 0 Å². The highest BCUT2D eigenvalue weighted by atomic mass is 16.5. The molecule has 0 aliphatic carbocycles. The average Bonchev–Trinajstić information content (AvgIpc) is 2.53. The molecule has 1 unspecified atom stereocenters. The molecule has 1 aliphatic rings. The number of hydrogen-bond acceptors (Lipinski definition) is 3. The molecule has 3 heteroatoms. The SMILES string of the molecule is CNC(CCc1ccc(OC)cc1)CC1CCOCC1. The topological polar surface area (TPSA) is 30.5 Å². The molecule has 1 atom stereocenters. The Morgan fingerprint density at radius 3 is 2.55 bits per heavy atom. The molecule has 0 saturated carbocycles. The van der Waals surface area contributed by atoms with Crippen molar-refractivity contribution in [2.75, 3.05) is 27.4 Å². The standard InChI is InChI=1S/C17H27NO2/c1-18-16(13-15-9-11-20-12-10-15)6-3-14-4-7-17(19-2)8-5-14/h4-5,7-8,15-16,18H,3,6,9-13H2,1-2H3. The molecule has 2 rings (SSSR count). The molecular weight excluding hydrogens is 250 g/mol. The van der Waals surface area contributed by atoms with Crippen LogP contribution in [-0.2, 0) is 11.2 Å². The van der Waals surface area contributed by atoms with Crippen LogP contribution in [0.25, 0.3) is 0 Å². The van der Waals surface area contributed by atoms with Crippen molar-refractivity contribution in [3.63, 3.8) is 0 Å². The van der Waals surface area contributed by atoms with Gasteiger partial charge in [0.15, 0.2) is 0 Å². The van der Waals surface area contributed by atoms with Crippen LogP contribution in [0.5, 0.6) is 5.75 Å². The van der Waals surface area contributed by atoms with Gasteiger partial charge >= 0.3 is 0 Å².